The molecule has 0 fully saturated rings. The lowest BCUT2D eigenvalue weighted by Gasteiger charge is -2.00. The lowest BCUT2D eigenvalue weighted by molar-refractivity contribution is -0.384. The Labute approximate surface area is 134 Å². The van der Waals surface area contributed by atoms with Crippen molar-refractivity contribution in [2.45, 2.75) is 0 Å². The number of non-ortho nitro benzene ring substituents is 1. The molecule has 24 heavy (non-hydrogen) atoms. The number of nitrogens with zero attached hydrogens (tertiary/aromatic N) is 3. The maximum absolute atomic E-state index is 13.2. The number of aromatic nitrogens is 2. The van der Waals surface area contributed by atoms with Crippen molar-refractivity contribution in [2.24, 2.45) is 0 Å². The topological polar surface area (TPSA) is 111 Å². The highest BCUT2D eigenvalue weighted by Crippen LogP contribution is 2.21. The number of amides is 1. The Morgan fingerprint density at radius 2 is 1.96 bits per heavy atom. The van der Waals surface area contributed by atoms with Crippen LogP contribution in [0, 0.1) is 15.9 Å². The summed E-state index contributed by atoms with van der Waals surface area (Å²) in [6.07, 6.45) is 0. The van der Waals surface area contributed by atoms with Crippen LogP contribution in [0.15, 0.2) is 52.9 Å². The van der Waals surface area contributed by atoms with Crippen molar-refractivity contribution in [3.05, 3.63) is 70.0 Å². The third-order valence-electron chi connectivity index (χ3n) is 3.04. The molecule has 0 saturated carbocycles. The van der Waals surface area contributed by atoms with Crippen LogP contribution in [0.1, 0.15) is 10.4 Å². The molecule has 9 heteroatoms. The Kier molecular flexibility index (Phi) is 3.98. The number of carbonyl (C=O) groups is 1. The Morgan fingerprint density at radius 1 is 1.17 bits per heavy atom. The Bertz CT molecular complexity index is 925. The zero-order valence-electron chi connectivity index (χ0n) is 12.0. The minimum Gasteiger partial charge on any atom is -0.403 e. The normalized spacial score (nSPS) is 10.4. The first kappa shape index (κ1) is 15.3. The zero-order valence-corrected chi connectivity index (χ0v) is 12.0. The van der Waals surface area contributed by atoms with Crippen LogP contribution >= 0.6 is 0 Å². The molecule has 3 rings (SSSR count). The first-order valence-electron chi connectivity index (χ1n) is 6.68. The SMILES string of the molecule is O=C(Nc1nnc(-c2cccc(F)c2)o1)c1cccc([N+](=O)[O-])c1. The summed E-state index contributed by atoms with van der Waals surface area (Å²) in [7, 11) is 0. The highest BCUT2D eigenvalue weighted by Gasteiger charge is 2.15. The molecule has 0 atom stereocenters. The van der Waals surface area contributed by atoms with E-state index in [0.717, 1.165) is 6.07 Å². The second-order valence-electron chi connectivity index (χ2n) is 4.68. The number of nitro groups is 1. The van der Waals surface area contributed by atoms with Crippen LogP contribution in [0.25, 0.3) is 11.5 Å². The van der Waals surface area contributed by atoms with Crippen LogP contribution in [-0.4, -0.2) is 21.0 Å². The van der Waals surface area contributed by atoms with Gasteiger partial charge in [-0.3, -0.25) is 20.2 Å². The highest BCUT2D eigenvalue weighted by atomic mass is 19.1. The van der Waals surface area contributed by atoms with E-state index in [1.165, 1.54) is 36.4 Å². The molecule has 0 radical (unpaired) electrons. The molecule has 0 aliphatic rings. The number of rotatable bonds is 4. The quantitative estimate of drug-likeness (QED) is 0.582. The Hall–Kier alpha value is -3.62. The largest absolute Gasteiger partial charge is 0.403 e. The number of carbonyl (C=O) groups excluding carboxylic acids is 1. The van der Waals surface area contributed by atoms with E-state index in [0.29, 0.717) is 5.56 Å². The molecule has 1 N–H and O–H groups in total. The summed E-state index contributed by atoms with van der Waals surface area (Å²) in [5.74, 6) is -1.08. The molecule has 0 aliphatic heterocycles. The third kappa shape index (κ3) is 3.24. The second-order valence-corrected chi connectivity index (χ2v) is 4.68. The van der Waals surface area contributed by atoms with E-state index in [9.17, 15) is 19.3 Å². The summed E-state index contributed by atoms with van der Waals surface area (Å²) >= 11 is 0. The summed E-state index contributed by atoms with van der Waals surface area (Å²) in [5, 5.41) is 20.4. The van der Waals surface area contributed by atoms with Gasteiger partial charge in [-0.25, -0.2) is 4.39 Å². The number of halogens is 1. The number of hydrogen-bond acceptors (Lipinski definition) is 6. The predicted octanol–water partition coefficient (Wildman–Crippen LogP) is 3.04. The van der Waals surface area contributed by atoms with Crippen LogP contribution in [0.4, 0.5) is 16.1 Å². The maximum atomic E-state index is 13.2. The standard InChI is InChI=1S/C15H9FN4O4/c16-11-5-1-4-10(7-11)14-18-19-15(24-14)17-13(21)9-3-2-6-12(8-9)20(22)23/h1-8H,(H,17,19,21). The van der Waals surface area contributed by atoms with Gasteiger partial charge in [0.15, 0.2) is 0 Å². The molecule has 1 amide bonds. The molecule has 0 saturated heterocycles. The fourth-order valence-corrected chi connectivity index (χ4v) is 1.94. The average Bonchev–Trinajstić information content (AvgIpc) is 3.03. The van der Waals surface area contributed by atoms with E-state index < -0.39 is 16.6 Å². The zero-order chi connectivity index (χ0) is 17.1. The first-order valence-corrected chi connectivity index (χ1v) is 6.68. The molecule has 0 unspecified atom stereocenters. The number of hydrogen-bond donors (Lipinski definition) is 1. The van der Waals surface area contributed by atoms with Crippen molar-refractivity contribution < 1.29 is 18.5 Å². The van der Waals surface area contributed by atoms with E-state index in [1.807, 2.05) is 0 Å². The summed E-state index contributed by atoms with van der Waals surface area (Å²) in [6.45, 7) is 0. The summed E-state index contributed by atoms with van der Waals surface area (Å²) < 4.78 is 18.4. The van der Waals surface area contributed by atoms with Crippen molar-refractivity contribution in [1.82, 2.24) is 10.2 Å². The van der Waals surface area contributed by atoms with Gasteiger partial charge >= 0.3 is 6.01 Å². The first-order chi connectivity index (χ1) is 11.5. The smallest absolute Gasteiger partial charge is 0.322 e. The third-order valence-corrected chi connectivity index (χ3v) is 3.04. The van der Waals surface area contributed by atoms with Crippen LogP contribution in [-0.2, 0) is 0 Å². The van der Waals surface area contributed by atoms with Gasteiger partial charge in [-0.2, -0.15) is 0 Å². The van der Waals surface area contributed by atoms with E-state index in [4.69, 9.17) is 4.42 Å². The van der Waals surface area contributed by atoms with Gasteiger partial charge in [-0.1, -0.05) is 17.2 Å². The van der Waals surface area contributed by atoms with Crippen LogP contribution < -0.4 is 5.32 Å². The molecule has 0 aliphatic carbocycles. The highest BCUT2D eigenvalue weighted by molar-refractivity contribution is 6.03. The fourth-order valence-electron chi connectivity index (χ4n) is 1.94. The molecule has 1 heterocycles. The average molecular weight is 328 g/mol. The second kappa shape index (κ2) is 6.24. The molecule has 0 bridgehead atoms. The van der Waals surface area contributed by atoms with Crippen molar-refractivity contribution in [1.29, 1.82) is 0 Å². The van der Waals surface area contributed by atoms with Gasteiger partial charge in [-0.05, 0) is 24.3 Å². The van der Waals surface area contributed by atoms with Crippen LogP contribution in [0.5, 0.6) is 0 Å². The van der Waals surface area contributed by atoms with Crippen LogP contribution in [0.2, 0.25) is 0 Å². The number of anilines is 1. The maximum Gasteiger partial charge on any atom is 0.322 e. The van der Waals surface area contributed by atoms with E-state index >= 15 is 0 Å². The van der Waals surface area contributed by atoms with Crippen molar-refractivity contribution in [3.63, 3.8) is 0 Å². The number of nitro benzene ring substituents is 1. The Morgan fingerprint density at radius 3 is 2.71 bits per heavy atom. The van der Waals surface area contributed by atoms with Crippen LogP contribution in [0.3, 0.4) is 0 Å². The van der Waals surface area contributed by atoms with E-state index in [-0.39, 0.29) is 23.2 Å². The van der Waals surface area contributed by atoms with Crippen molar-refractivity contribution in [3.8, 4) is 11.5 Å². The minimum atomic E-state index is -0.645. The molecule has 120 valence electrons. The Balaban J connectivity index is 1.78. The number of benzene rings is 2. The van der Waals surface area contributed by atoms with Gasteiger partial charge < -0.3 is 4.42 Å². The van der Waals surface area contributed by atoms with Gasteiger partial charge in [0.2, 0.25) is 5.89 Å². The monoisotopic (exact) mass is 328 g/mol. The predicted molar refractivity (Wildman–Crippen MR) is 80.7 cm³/mol. The summed E-state index contributed by atoms with van der Waals surface area (Å²) in [4.78, 5) is 22.2. The van der Waals surface area contributed by atoms with Gasteiger partial charge in [0.25, 0.3) is 11.6 Å². The van der Waals surface area contributed by atoms with E-state index in [2.05, 4.69) is 15.5 Å². The molecular weight excluding hydrogens is 319 g/mol. The van der Waals surface area contributed by atoms with Crippen molar-refractivity contribution >= 4 is 17.6 Å². The van der Waals surface area contributed by atoms with Gasteiger partial charge in [0, 0.05) is 23.3 Å². The molecular formula is C15H9FN4O4. The molecule has 2 aromatic carbocycles. The van der Waals surface area contributed by atoms with Gasteiger partial charge in [0.05, 0.1) is 4.92 Å². The number of nitrogens with one attached hydrogen (secondary N) is 1. The minimum absolute atomic E-state index is 0.0313. The molecule has 0 spiro atoms. The molecule has 8 nitrogen and oxygen atoms in total. The fraction of sp³-hybridized carbons (Fsp3) is 0. The van der Waals surface area contributed by atoms with Gasteiger partial charge in [0.1, 0.15) is 5.82 Å². The van der Waals surface area contributed by atoms with E-state index in [1.54, 1.807) is 6.07 Å². The van der Waals surface area contributed by atoms with Gasteiger partial charge in [-0.15, -0.1) is 5.10 Å². The lowest BCUT2D eigenvalue weighted by atomic mass is 10.2. The summed E-state index contributed by atoms with van der Waals surface area (Å²) in [6, 6.07) is 10.5. The van der Waals surface area contributed by atoms with Crippen molar-refractivity contribution in [2.75, 3.05) is 5.32 Å². The molecule has 1 aromatic heterocycles. The molecule has 3 aromatic rings. The lowest BCUT2D eigenvalue weighted by Crippen LogP contribution is -2.12. The summed E-state index contributed by atoms with van der Waals surface area (Å²) in [5.41, 5.74) is 0.210.